The smallest absolute Gasteiger partial charge is 0.138 e. The van der Waals surface area contributed by atoms with Crippen molar-refractivity contribution >= 4 is 46.0 Å². The minimum atomic E-state index is 0.673. The van der Waals surface area contributed by atoms with E-state index in [1.807, 2.05) is 6.26 Å². The average Bonchev–Trinajstić information content (AvgIpc) is 1.88. The van der Waals surface area contributed by atoms with Gasteiger partial charge in [0.05, 0.1) is 16.1 Å². The van der Waals surface area contributed by atoms with Crippen LogP contribution in [0.5, 0.6) is 0 Å². The van der Waals surface area contributed by atoms with Crippen LogP contribution in [0, 0.1) is 3.70 Å². The van der Waals surface area contributed by atoms with Gasteiger partial charge in [0.15, 0.2) is 0 Å². The summed E-state index contributed by atoms with van der Waals surface area (Å²) in [4.78, 5) is 0.997. The van der Waals surface area contributed by atoms with Crippen molar-refractivity contribution in [2.24, 2.45) is 0 Å². The molecule has 54 valence electrons. The Hall–Kier alpha value is 0.450. The van der Waals surface area contributed by atoms with Crippen LogP contribution < -0.4 is 0 Å². The summed E-state index contributed by atoms with van der Waals surface area (Å²) >= 11 is 9.49. The molecule has 0 atom stereocenters. The normalized spacial score (nSPS) is 9.90. The topological polar surface area (TPSA) is 25.8 Å². The van der Waals surface area contributed by atoms with Crippen molar-refractivity contribution in [2.45, 2.75) is 4.90 Å². The summed E-state index contributed by atoms with van der Waals surface area (Å²) in [6.07, 6.45) is 3.51. The van der Waals surface area contributed by atoms with Gasteiger partial charge in [0.2, 0.25) is 0 Å². The van der Waals surface area contributed by atoms with E-state index in [-0.39, 0.29) is 0 Å². The molecule has 0 aromatic carbocycles. The zero-order valence-electron chi connectivity index (χ0n) is 5.14. The third kappa shape index (κ3) is 1.73. The fourth-order valence-electron chi connectivity index (χ4n) is 0.515. The first-order valence-electron chi connectivity index (χ1n) is 2.46. The van der Waals surface area contributed by atoms with Crippen molar-refractivity contribution in [3.63, 3.8) is 0 Å². The molecule has 2 nitrogen and oxygen atoms in total. The molecule has 0 unspecified atom stereocenters. The van der Waals surface area contributed by atoms with Gasteiger partial charge in [-0.3, -0.25) is 0 Å². The van der Waals surface area contributed by atoms with E-state index in [4.69, 9.17) is 11.6 Å². The van der Waals surface area contributed by atoms with Crippen LogP contribution in [0.3, 0.4) is 0 Å². The Morgan fingerprint density at radius 2 is 2.40 bits per heavy atom. The summed E-state index contributed by atoms with van der Waals surface area (Å²) in [6, 6.07) is 0. The lowest BCUT2D eigenvalue weighted by Crippen LogP contribution is -1.88. The molecule has 0 aliphatic heterocycles. The van der Waals surface area contributed by atoms with Crippen LogP contribution in [0.25, 0.3) is 0 Å². The molecule has 0 N–H and O–H groups in total. The molecule has 0 saturated heterocycles. The maximum absolute atomic E-state index is 5.80. The highest BCUT2D eigenvalue weighted by Crippen LogP contribution is 2.27. The standard InChI is InChI=1S/C5H4ClIN2S/c1-10-4-3(6)2-8-9-5(4)7/h2H,1H3. The Morgan fingerprint density at radius 3 is 2.80 bits per heavy atom. The highest BCUT2D eigenvalue weighted by molar-refractivity contribution is 14.1. The molecule has 0 fully saturated rings. The monoisotopic (exact) mass is 286 g/mol. The van der Waals surface area contributed by atoms with Gasteiger partial charge in [0, 0.05) is 0 Å². The zero-order valence-corrected chi connectivity index (χ0v) is 8.87. The van der Waals surface area contributed by atoms with Gasteiger partial charge in [-0.05, 0) is 28.8 Å². The minimum absolute atomic E-state index is 0.673. The Kier molecular flexibility index (Phi) is 3.19. The lowest BCUT2D eigenvalue weighted by molar-refractivity contribution is 0.963. The molecule has 0 aliphatic carbocycles. The van der Waals surface area contributed by atoms with E-state index in [0.29, 0.717) is 5.02 Å². The van der Waals surface area contributed by atoms with Crippen LogP contribution in [0.2, 0.25) is 5.02 Å². The minimum Gasteiger partial charge on any atom is -0.156 e. The van der Waals surface area contributed by atoms with E-state index >= 15 is 0 Å². The molecule has 10 heavy (non-hydrogen) atoms. The number of nitrogens with zero attached hydrogens (tertiary/aromatic N) is 2. The average molecular weight is 287 g/mol. The molecular formula is C5H4ClIN2S. The summed E-state index contributed by atoms with van der Waals surface area (Å²) in [5, 5.41) is 8.20. The molecule has 0 spiro atoms. The zero-order chi connectivity index (χ0) is 7.56. The Balaban J connectivity index is 3.17. The number of halogens is 2. The first-order chi connectivity index (χ1) is 4.75. The van der Waals surface area contributed by atoms with E-state index in [1.54, 1.807) is 18.0 Å². The van der Waals surface area contributed by atoms with Gasteiger partial charge in [0.1, 0.15) is 3.70 Å². The Labute approximate surface area is 81.9 Å². The van der Waals surface area contributed by atoms with Crippen molar-refractivity contribution in [1.29, 1.82) is 0 Å². The SMILES string of the molecule is CSc1c(Cl)cnnc1I. The predicted octanol–water partition coefficient (Wildman–Crippen LogP) is 2.46. The van der Waals surface area contributed by atoms with Crippen LogP contribution in [0.1, 0.15) is 0 Å². The van der Waals surface area contributed by atoms with E-state index in [0.717, 1.165) is 8.60 Å². The Morgan fingerprint density at radius 1 is 1.70 bits per heavy atom. The van der Waals surface area contributed by atoms with Crippen LogP contribution in [0.4, 0.5) is 0 Å². The van der Waals surface area contributed by atoms with Gasteiger partial charge in [-0.15, -0.1) is 16.9 Å². The van der Waals surface area contributed by atoms with Gasteiger partial charge < -0.3 is 0 Å². The fourth-order valence-corrected chi connectivity index (χ4v) is 2.57. The highest BCUT2D eigenvalue weighted by atomic mass is 127. The molecule has 0 amide bonds. The van der Waals surface area contributed by atoms with Gasteiger partial charge in [-0.1, -0.05) is 11.6 Å². The Bertz CT molecular complexity index is 223. The third-order valence-electron chi connectivity index (χ3n) is 0.925. The third-order valence-corrected chi connectivity index (χ3v) is 3.27. The quantitative estimate of drug-likeness (QED) is 0.586. The number of hydrogen-bond acceptors (Lipinski definition) is 3. The fraction of sp³-hybridized carbons (Fsp3) is 0.200. The van der Waals surface area contributed by atoms with Crippen molar-refractivity contribution in [3.05, 3.63) is 14.9 Å². The molecule has 0 radical (unpaired) electrons. The maximum Gasteiger partial charge on any atom is 0.138 e. The molecule has 1 rings (SSSR count). The molecule has 0 bridgehead atoms. The second-order valence-electron chi connectivity index (χ2n) is 1.52. The van der Waals surface area contributed by atoms with Crippen molar-refractivity contribution in [2.75, 3.05) is 6.26 Å². The summed E-state index contributed by atoms with van der Waals surface area (Å²) in [5.74, 6) is 0. The van der Waals surface area contributed by atoms with Crippen LogP contribution in [-0.4, -0.2) is 16.5 Å². The second kappa shape index (κ2) is 3.73. The van der Waals surface area contributed by atoms with Crippen LogP contribution >= 0.6 is 46.0 Å². The largest absolute Gasteiger partial charge is 0.156 e. The molecule has 5 heteroatoms. The van der Waals surface area contributed by atoms with E-state index in [9.17, 15) is 0 Å². The molecule has 1 aromatic rings. The number of hydrogen-bond donors (Lipinski definition) is 0. The van der Waals surface area contributed by atoms with E-state index < -0.39 is 0 Å². The summed E-state index contributed by atoms with van der Waals surface area (Å²) in [5.41, 5.74) is 0. The van der Waals surface area contributed by atoms with Gasteiger partial charge in [0.25, 0.3) is 0 Å². The van der Waals surface area contributed by atoms with Crippen LogP contribution in [0.15, 0.2) is 11.1 Å². The number of rotatable bonds is 1. The second-order valence-corrected chi connectivity index (χ2v) is 3.76. The van der Waals surface area contributed by atoms with E-state index in [2.05, 4.69) is 32.8 Å². The molecular weight excluding hydrogens is 282 g/mol. The highest BCUT2D eigenvalue weighted by Gasteiger charge is 2.03. The van der Waals surface area contributed by atoms with Crippen molar-refractivity contribution in [1.82, 2.24) is 10.2 Å². The van der Waals surface area contributed by atoms with E-state index in [1.165, 1.54) is 0 Å². The molecule has 1 aromatic heterocycles. The lowest BCUT2D eigenvalue weighted by atomic mass is 10.6. The van der Waals surface area contributed by atoms with Gasteiger partial charge in [-0.25, -0.2) is 0 Å². The lowest BCUT2D eigenvalue weighted by Gasteiger charge is -1.98. The van der Waals surface area contributed by atoms with Crippen LogP contribution in [-0.2, 0) is 0 Å². The van der Waals surface area contributed by atoms with Crippen molar-refractivity contribution < 1.29 is 0 Å². The maximum atomic E-state index is 5.80. The molecule has 0 aliphatic rings. The molecule has 1 heterocycles. The van der Waals surface area contributed by atoms with Gasteiger partial charge in [-0.2, -0.15) is 5.10 Å². The van der Waals surface area contributed by atoms with Crippen molar-refractivity contribution in [3.8, 4) is 0 Å². The number of thioether (sulfide) groups is 1. The molecule has 0 saturated carbocycles. The summed E-state index contributed by atoms with van der Waals surface area (Å²) < 4.78 is 0.859. The first kappa shape index (κ1) is 8.55. The predicted molar refractivity (Wildman–Crippen MR) is 51.5 cm³/mol. The number of aromatic nitrogens is 2. The van der Waals surface area contributed by atoms with Gasteiger partial charge >= 0.3 is 0 Å². The first-order valence-corrected chi connectivity index (χ1v) is 5.14. The summed E-state index contributed by atoms with van der Waals surface area (Å²) in [7, 11) is 0. The summed E-state index contributed by atoms with van der Waals surface area (Å²) in [6.45, 7) is 0.